The molecule has 0 aromatic carbocycles. The average Bonchev–Trinajstić information content (AvgIpc) is 2.29. The van der Waals surface area contributed by atoms with E-state index in [1.807, 2.05) is 13.8 Å². The maximum absolute atomic E-state index is 8.64. The number of aromatic nitrogens is 2. The molecule has 0 bridgehead atoms. The molecule has 90 valence electrons. The number of aliphatic hydroxyl groups is 1. The first-order valence-electron chi connectivity index (χ1n) is 5.26. The molecule has 1 aromatic rings. The minimum absolute atomic E-state index is 0.101. The maximum atomic E-state index is 8.64. The number of aliphatic hydroxyl groups excluding tert-OH is 1. The molecule has 0 fully saturated rings. The Labute approximate surface area is 94.8 Å². The molecule has 0 aliphatic rings. The lowest BCUT2D eigenvalue weighted by atomic mass is 10.2. The van der Waals surface area contributed by atoms with E-state index >= 15 is 0 Å². The van der Waals surface area contributed by atoms with Gasteiger partial charge in [0.05, 0.1) is 6.61 Å². The molecule has 0 saturated carbocycles. The summed E-state index contributed by atoms with van der Waals surface area (Å²) >= 11 is 0. The number of nitrogen functional groups attached to an aromatic ring is 1. The Hall–Kier alpha value is -1.40. The zero-order valence-corrected chi connectivity index (χ0v) is 9.60. The average molecular weight is 226 g/mol. The summed E-state index contributed by atoms with van der Waals surface area (Å²) in [5, 5.41) is 8.64. The van der Waals surface area contributed by atoms with Crippen molar-refractivity contribution < 1.29 is 9.84 Å². The molecular weight excluding hydrogens is 208 g/mol. The lowest BCUT2D eigenvalue weighted by Gasteiger charge is -2.10. The smallest absolute Gasteiger partial charge is 0.218 e. The summed E-state index contributed by atoms with van der Waals surface area (Å²) in [6, 6.07) is 1.63. The van der Waals surface area contributed by atoms with Gasteiger partial charge >= 0.3 is 0 Å². The van der Waals surface area contributed by atoms with Crippen LogP contribution in [0.3, 0.4) is 0 Å². The molecule has 0 unspecified atom stereocenters. The summed E-state index contributed by atoms with van der Waals surface area (Å²) in [6.45, 7) is 4.51. The van der Waals surface area contributed by atoms with Crippen molar-refractivity contribution in [2.75, 3.05) is 18.6 Å². The highest BCUT2D eigenvalue weighted by Crippen LogP contribution is 2.17. The first-order valence-corrected chi connectivity index (χ1v) is 5.26. The lowest BCUT2D eigenvalue weighted by molar-refractivity contribution is 0.228. The van der Waals surface area contributed by atoms with Gasteiger partial charge in [-0.05, 0) is 0 Å². The molecule has 0 saturated heterocycles. The molecule has 4 N–H and O–H groups in total. The third-order valence-electron chi connectivity index (χ3n) is 1.94. The molecule has 6 nitrogen and oxygen atoms in total. The van der Waals surface area contributed by atoms with Crippen LogP contribution in [0.4, 0.5) is 5.82 Å². The second kappa shape index (κ2) is 6.24. The van der Waals surface area contributed by atoms with Crippen LogP contribution in [0.1, 0.15) is 32.0 Å². The van der Waals surface area contributed by atoms with E-state index in [2.05, 4.69) is 15.4 Å². The van der Waals surface area contributed by atoms with Crippen LogP contribution < -0.4 is 16.0 Å². The van der Waals surface area contributed by atoms with Gasteiger partial charge in [-0.2, -0.15) is 4.98 Å². The van der Waals surface area contributed by atoms with Crippen molar-refractivity contribution in [3.63, 3.8) is 0 Å². The van der Waals surface area contributed by atoms with Crippen molar-refractivity contribution in [2.24, 2.45) is 5.84 Å². The van der Waals surface area contributed by atoms with Gasteiger partial charge in [0.15, 0.2) is 0 Å². The largest absolute Gasteiger partial charge is 0.477 e. The molecule has 6 heteroatoms. The fraction of sp³-hybridized carbons (Fsp3) is 0.600. The molecule has 1 rings (SSSR count). The van der Waals surface area contributed by atoms with Crippen molar-refractivity contribution in [3.8, 4) is 5.88 Å². The van der Waals surface area contributed by atoms with Crippen LogP contribution in [0.5, 0.6) is 5.88 Å². The van der Waals surface area contributed by atoms with E-state index in [9.17, 15) is 0 Å². The summed E-state index contributed by atoms with van der Waals surface area (Å²) in [5.74, 6) is 7.18. The van der Waals surface area contributed by atoms with Gasteiger partial charge in [-0.25, -0.2) is 10.8 Å². The lowest BCUT2D eigenvalue weighted by Crippen LogP contribution is -2.12. The van der Waals surface area contributed by atoms with Crippen molar-refractivity contribution in [1.29, 1.82) is 0 Å². The number of hydrogen-bond donors (Lipinski definition) is 3. The van der Waals surface area contributed by atoms with E-state index in [0.717, 1.165) is 0 Å². The number of nitrogens with one attached hydrogen (secondary N) is 1. The highest BCUT2D eigenvalue weighted by atomic mass is 16.5. The van der Waals surface area contributed by atoms with Gasteiger partial charge in [0.1, 0.15) is 11.6 Å². The molecule has 1 aromatic heterocycles. The Morgan fingerprint density at radius 3 is 2.81 bits per heavy atom. The molecule has 0 radical (unpaired) electrons. The standard InChI is InChI=1S/C10H18N4O2/c1-7(2)10-12-8(14-11)6-9(13-10)16-5-3-4-15/h6-7,15H,3-5,11H2,1-2H3,(H,12,13,14). The maximum Gasteiger partial charge on any atom is 0.218 e. The van der Waals surface area contributed by atoms with Gasteiger partial charge < -0.3 is 15.3 Å². The Morgan fingerprint density at radius 2 is 2.25 bits per heavy atom. The fourth-order valence-corrected chi connectivity index (χ4v) is 1.09. The summed E-state index contributed by atoms with van der Waals surface area (Å²) in [5.41, 5.74) is 2.47. The predicted molar refractivity (Wildman–Crippen MR) is 61.1 cm³/mol. The zero-order chi connectivity index (χ0) is 12.0. The minimum Gasteiger partial charge on any atom is -0.477 e. The highest BCUT2D eigenvalue weighted by Gasteiger charge is 2.08. The van der Waals surface area contributed by atoms with Gasteiger partial charge in [0.25, 0.3) is 0 Å². The molecular formula is C10H18N4O2. The van der Waals surface area contributed by atoms with Crippen molar-refractivity contribution >= 4 is 5.82 Å². The number of rotatable bonds is 6. The zero-order valence-electron chi connectivity index (χ0n) is 9.60. The van der Waals surface area contributed by atoms with Gasteiger partial charge in [0, 0.05) is 25.0 Å². The Balaban J connectivity index is 2.78. The second-order valence-electron chi connectivity index (χ2n) is 3.67. The molecule has 0 aliphatic carbocycles. The summed E-state index contributed by atoms with van der Waals surface area (Å²) in [7, 11) is 0. The topological polar surface area (TPSA) is 93.3 Å². The van der Waals surface area contributed by atoms with Gasteiger partial charge in [-0.1, -0.05) is 13.8 Å². The highest BCUT2D eigenvalue weighted by molar-refractivity contribution is 5.37. The Morgan fingerprint density at radius 1 is 1.50 bits per heavy atom. The summed E-state index contributed by atoms with van der Waals surface area (Å²) in [4.78, 5) is 8.45. The van der Waals surface area contributed by atoms with Crippen molar-refractivity contribution in [1.82, 2.24) is 9.97 Å². The predicted octanol–water partition coefficient (Wildman–Crippen LogP) is 0.647. The van der Waals surface area contributed by atoms with Crippen molar-refractivity contribution in [2.45, 2.75) is 26.2 Å². The van der Waals surface area contributed by atoms with Crippen LogP contribution in [0.2, 0.25) is 0 Å². The summed E-state index contributed by atoms with van der Waals surface area (Å²) < 4.78 is 5.37. The third kappa shape index (κ3) is 3.63. The molecule has 0 atom stereocenters. The van der Waals surface area contributed by atoms with Gasteiger partial charge in [-0.15, -0.1) is 0 Å². The molecule has 16 heavy (non-hydrogen) atoms. The van der Waals surface area contributed by atoms with Crippen LogP contribution >= 0.6 is 0 Å². The number of ether oxygens (including phenoxy) is 1. The van der Waals surface area contributed by atoms with Crippen LogP contribution in [-0.4, -0.2) is 28.3 Å². The number of nitrogens with zero attached hydrogens (tertiary/aromatic N) is 2. The van der Waals surface area contributed by atoms with Crippen LogP contribution in [0.15, 0.2) is 6.07 Å². The quantitative estimate of drug-likeness (QED) is 0.374. The first-order chi connectivity index (χ1) is 7.67. The van der Waals surface area contributed by atoms with E-state index in [1.54, 1.807) is 6.07 Å². The van der Waals surface area contributed by atoms with E-state index in [4.69, 9.17) is 15.7 Å². The number of hydrazine groups is 1. The number of anilines is 1. The van der Waals surface area contributed by atoms with Crippen LogP contribution in [-0.2, 0) is 0 Å². The molecule has 1 heterocycles. The van der Waals surface area contributed by atoms with E-state index in [1.165, 1.54) is 0 Å². The number of nitrogens with two attached hydrogens (primary N) is 1. The molecule has 0 aliphatic heterocycles. The molecule has 0 amide bonds. The van der Waals surface area contributed by atoms with E-state index in [-0.39, 0.29) is 12.5 Å². The second-order valence-corrected chi connectivity index (χ2v) is 3.67. The van der Waals surface area contributed by atoms with Gasteiger partial charge in [0.2, 0.25) is 5.88 Å². The normalized spacial score (nSPS) is 10.6. The van der Waals surface area contributed by atoms with Crippen molar-refractivity contribution in [3.05, 3.63) is 11.9 Å². The van der Waals surface area contributed by atoms with E-state index < -0.39 is 0 Å². The minimum atomic E-state index is 0.101. The monoisotopic (exact) mass is 226 g/mol. The molecule has 0 spiro atoms. The van der Waals surface area contributed by atoms with Crippen LogP contribution in [0.25, 0.3) is 0 Å². The third-order valence-corrected chi connectivity index (χ3v) is 1.94. The first kappa shape index (κ1) is 12.7. The Kier molecular flexibility index (Phi) is 4.94. The van der Waals surface area contributed by atoms with E-state index in [0.29, 0.717) is 30.5 Å². The SMILES string of the molecule is CC(C)c1nc(NN)cc(OCCCO)n1. The fourth-order valence-electron chi connectivity index (χ4n) is 1.09. The summed E-state index contributed by atoms with van der Waals surface area (Å²) in [6.07, 6.45) is 0.576. The number of hydrogen-bond acceptors (Lipinski definition) is 6. The Bertz CT molecular complexity index is 331. The van der Waals surface area contributed by atoms with Gasteiger partial charge in [-0.3, -0.25) is 0 Å². The van der Waals surface area contributed by atoms with Crippen LogP contribution in [0, 0.1) is 0 Å².